The quantitative estimate of drug-likeness (QED) is 0.678. The number of nitrogens with one attached hydrogen (secondary N) is 1. The lowest BCUT2D eigenvalue weighted by atomic mass is 10.1. The maximum Gasteiger partial charge on any atom is 0.416 e. The minimum absolute atomic E-state index is 0.00582. The zero-order valence-electron chi connectivity index (χ0n) is 15.6. The smallest absolute Gasteiger partial charge is 0.340 e. The summed E-state index contributed by atoms with van der Waals surface area (Å²) >= 11 is 1.36. The third-order valence-corrected chi connectivity index (χ3v) is 5.31. The molecule has 1 amide bonds. The van der Waals surface area contributed by atoms with Gasteiger partial charge in [-0.25, -0.2) is 4.98 Å². The summed E-state index contributed by atoms with van der Waals surface area (Å²) in [5.41, 5.74) is -0.0609. The molecular formula is C20H21F3N3OS+. The molecule has 2 aromatic carbocycles. The number of thiazole rings is 1. The molecule has 0 aliphatic rings. The number of alkyl halides is 3. The Kier molecular flexibility index (Phi) is 6.00. The molecule has 0 atom stereocenters. The predicted molar refractivity (Wildman–Crippen MR) is 105 cm³/mol. The Morgan fingerprint density at radius 3 is 2.57 bits per heavy atom. The number of anilines is 1. The van der Waals surface area contributed by atoms with Crippen molar-refractivity contribution in [1.82, 2.24) is 4.98 Å². The fourth-order valence-corrected chi connectivity index (χ4v) is 3.82. The molecule has 8 heteroatoms. The van der Waals surface area contributed by atoms with Crippen LogP contribution in [0.3, 0.4) is 0 Å². The molecule has 3 aromatic rings. The number of carbonyl (C=O) groups is 1. The Labute approximate surface area is 165 Å². The van der Waals surface area contributed by atoms with Crippen LogP contribution in [0.25, 0.3) is 10.2 Å². The minimum atomic E-state index is -4.49. The molecule has 4 nitrogen and oxygen atoms in total. The minimum Gasteiger partial charge on any atom is -0.340 e. The number of quaternary nitrogens is 1. The van der Waals surface area contributed by atoms with Gasteiger partial charge in [0.25, 0.3) is 5.91 Å². The van der Waals surface area contributed by atoms with Gasteiger partial charge >= 0.3 is 6.18 Å². The summed E-state index contributed by atoms with van der Waals surface area (Å²) in [6.07, 6.45) is -3.78. The Balaban J connectivity index is 1.95. The van der Waals surface area contributed by atoms with Gasteiger partial charge in [-0.2, -0.15) is 13.2 Å². The van der Waals surface area contributed by atoms with Gasteiger partial charge in [-0.1, -0.05) is 29.5 Å². The Morgan fingerprint density at radius 2 is 1.89 bits per heavy atom. The SMILES string of the molecule is C[NH+](C)CCCN(C(=O)c1cccc(C(F)(F)F)c1)c1nc2ccccc2s1. The van der Waals surface area contributed by atoms with E-state index in [1.54, 1.807) is 0 Å². The maximum absolute atomic E-state index is 13.1. The number of carbonyl (C=O) groups excluding carboxylic acids is 1. The van der Waals surface area contributed by atoms with Crippen molar-refractivity contribution in [2.45, 2.75) is 12.6 Å². The van der Waals surface area contributed by atoms with Gasteiger partial charge in [0, 0.05) is 18.5 Å². The van der Waals surface area contributed by atoms with Crippen LogP contribution in [0.2, 0.25) is 0 Å². The average Bonchev–Trinajstić information content (AvgIpc) is 3.07. The summed E-state index contributed by atoms with van der Waals surface area (Å²) in [7, 11) is 4.02. The summed E-state index contributed by atoms with van der Waals surface area (Å²) in [6.45, 7) is 1.22. The number of amides is 1. The van der Waals surface area contributed by atoms with Crippen molar-refractivity contribution in [3.63, 3.8) is 0 Å². The van der Waals surface area contributed by atoms with E-state index in [0.29, 0.717) is 18.1 Å². The third-order valence-electron chi connectivity index (χ3n) is 4.25. The van der Waals surface area contributed by atoms with Gasteiger partial charge in [-0.05, 0) is 30.3 Å². The highest BCUT2D eigenvalue weighted by atomic mass is 32.1. The summed E-state index contributed by atoms with van der Waals surface area (Å²) in [4.78, 5) is 20.3. The molecule has 0 unspecified atom stereocenters. The van der Waals surface area contributed by atoms with Crippen molar-refractivity contribution in [3.8, 4) is 0 Å². The molecular weight excluding hydrogens is 387 g/mol. The first-order valence-electron chi connectivity index (χ1n) is 8.89. The second-order valence-corrected chi connectivity index (χ2v) is 7.82. The third kappa shape index (κ3) is 4.69. The van der Waals surface area contributed by atoms with E-state index in [-0.39, 0.29) is 5.56 Å². The van der Waals surface area contributed by atoms with E-state index >= 15 is 0 Å². The fraction of sp³-hybridized carbons (Fsp3) is 0.300. The van der Waals surface area contributed by atoms with E-state index in [9.17, 15) is 18.0 Å². The number of fused-ring (bicyclic) bond motifs is 1. The van der Waals surface area contributed by atoms with Crippen molar-refractivity contribution < 1.29 is 22.9 Å². The van der Waals surface area contributed by atoms with Crippen LogP contribution in [0.4, 0.5) is 18.3 Å². The molecule has 0 aliphatic heterocycles. The number of nitrogens with zero attached hydrogens (tertiary/aromatic N) is 2. The first kappa shape index (κ1) is 20.3. The Morgan fingerprint density at radius 1 is 1.14 bits per heavy atom. The average molecular weight is 408 g/mol. The van der Waals surface area contributed by atoms with E-state index in [1.807, 2.05) is 38.4 Å². The van der Waals surface area contributed by atoms with Crippen LogP contribution >= 0.6 is 11.3 Å². The zero-order chi connectivity index (χ0) is 20.3. The van der Waals surface area contributed by atoms with Gasteiger partial charge in [0.05, 0.1) is 36.4 Å². The Hall–Kier alpha value is -2.45. The van der Waals surface area contributed by atoms with Gasteiger partial charge in [-0.3, -0.25) is 9.69 Å². The molecule has 148 valence electrons. The van der Waals surface area contributed by atoms with Crippen molar-refractivity contribution in [2.24, 2.45) is 0 Å². The molecule has 1 N–H and O–H groups in total. The van der Waals surface area contributed by atoms with Crippen LogP contribution in [0.5, 0.6) is 0 Å². The van der Waals surface area contributed by atoms with E-state index in [2.05, 4.69) is 4.98 Å². The zero-order valence-corrected chi connectivity index (χ0v) is 16.4. The second-order valence-electron chi connectivity index (χ2n) is 6.81. The molecule has 0 aliphatic carbocycles. The standard InChI is InChI=1S/C20H20F3N3OS/c1-25(2)11-6-12-26(19-24-16-9-3-4-10-17(16)28-19)18(27)14-7-5-8-15(13-14)20(21,22)23/h3-5,7-10,13H,6,11-12H2,1-2H3/p+1. The largest absolute Gasteiger partial charge is 0.416 e. The van der Waals surface area contributed by atoms with Crippen molar-refractivity contribution >= 4 is 32.6 Å². The number of hydrogen-bond acceptors (Lipinski definition) is 3. The van der Waals surface area contributed by atoms with Crippen LogP contribution in [0.1, 0.15) is 22.3 Å². The van der Waals surface area contributed by atoms with E-state index < -0.39 is 17.6 Å². The number of halogens is 3. The van der Waals surface area contributed by atoms with E-state index in [0.717, 1.165) is 28.9 Å². The molecule has 1 aromatic heterocycles. The van der Waals surface area contributed by atoms with Crippen molar-refractivity contribution in [2.75, 3.05) is 32.1 Å². The Bertz CT molecular complexity index is 935. The predicted octanol–water partition coefficient (Wildman–Crippen LogP) is 3.50. The van der Waals surface area contributed by atoms with Crippen molar-refractivity contribution in [1.29, 1.82) is 0 Å². The summed E-state index contributed by atoms with van der Waals surface area (Å²) < 4.78 is 40.1. The number of hydrogen-bond donors (Lipinski definition) is 1. The highest BCUT2D eigenvalue weighted by Crippen LogP contribution is 2.32. The second kappa shape index (κ2) is 8.28. The molecule has 0 radical (unpaired) electrons. The van der Waals surface area contributed by atoms with Gasteiger partial charge < -0.3 is 4.90 Å². The number of rotatable bonds is 6. The fourth-order valence-electron chi connectivity index (χ4n) is 2.83. The van der Waals surface area contributed by atoms with E-state index in [4.69, 9.17) is 0 Å². The van der Waals surface area contributed by atoms with Gasteiger partial charge in [-0.15, -0.1) is 0 Å². The van der Waals surface area contributed by atoms with Crippen LogP contribution in [0, 0.1) is 0 Å². The van der Waals surface area contributed by atoms with Crippen molar-refractivity contribution in [3.05, 3.63) is 59.7 Å². The summed E-state index contributed by atoms with van der Waals surface area (Å²) in [5.74, 6) is -0.473. The van der Waals surface area contributed by atoms with Crippen LogP contribution in [-0.2, 0) is 6.18 Å². The van der Waals surface area contributed by atoms with Crippen LogP contribution in [-0.4, -0.2) is 38.1 Å². The first-order valence-corrected chi connectivity index (χ1v) is 9.71. The van der Waals surface area contributed by atoms with E-state index in [1.165, 1.54) is 33.3 Å². The monoisotopic (exact) mass is 408 g/mol. The maximum atomic E-state index is 13.1. The molecule has 28 heavy (non-hydrogen) atoms. The molecule has 0 fully saturated rings. The first-order chi connectivity index (χ1) is 13.3. The summed E-state index contributed by atoms with van der Waals surface area (Å²) in [5, 5.41) is 0.498. The molecule has 1 heterocycles. The molecule has 0 bridgehead atoms. The number of para-hydroxylation sites is 1. The lowest BCUT2D eigenvalue weighted by molar-refractivity contribution is -0.858. The number of aromatic nitrogens is 1. The summed E-state index contributed by atoms with van der Waals surface area (Å²) in [6, 6.07) is 12.1. The molecule has 0 saturated heterocycles. The normalized spacial score (nSPS) is 11.9. The highest BCUT2D eigenvalue weighted by molar-refractivity contribution is 7.22. The lowest BCUT2D eigenvalue weighted by Gasteiger charge is -2.21. The molecule has 0 spiro atoms. The lowest BCUT2D eigenvalue weighted by Crippen LogP contribution is -3.05. The highest BCUT2D eigenvalue weighted by Gasteiger charge is 2.31. The van der Waals surface area contributed by atoms with Gasteiger partial charge in [0.2, 0.25) is 0 Å². The van der Waals surface area contributed by atoms with Gasteiger partial charge in [0.15, 0.2) is 5.13 Å². The molecule has 3 rings (SSSR count). The number of benzene rings is 2. The van der Waals surface area contributed by atoms with Crippen LogP contribution < -0.4 is 9.80 Å². The van der Waals surface area contributed by atoms with Gasteiger partial charge in [0.1, 0.15) is 0 Å². The van der Waals surface area contributed by atoms with Crippen LogP contribution in [0.15, 0.2) is 48.5 Å². The molecule has 0 saturated carbocycles. The topological polar surface area (TPSA) is 37.6 Å².